The predicted octanol–water partition coefficient (Wildman–Crippen LogP) is 1.90. The van der Waals surface area contributed by atoms with E-state index in [1.54, 1.807) is 6.26 Å². The highest BCUT2D eigenvalue weighted by molar-refractivity contribution is 7.98. The van der Waals surface area contributed by atoms with Gasteiger partial charge in [-0.2, -0.15) is 11.8 Å². The Balaban J connectivity index is 4.05. The minimum Gasteiger partial charge on any atom is -0.480 e. The van der Waals surface area contributed by atoms with E-state index >= 15 is 0 Å². The van der Waals surface area contributed by atoms with E-state index in [1.165, 1.54) is 11.8 Å². The molecule has 0 saturated heterocycles. The summed E-state index contributed by atoms with van der Waals surface area (Å²) in [5.41, 5.74) is 0. The first kappa shape index (κ1) is 16.0. The van der Waals surface area contributed by atoms with Crippen molar-refractivity contribution in [3.63, 3.8) is 0 Å². The highest BCUT2D eigenvalue weighted by Crippen LogP contribution is 2.25. The Morgan fingerprint density at radius 2 is 2.06 bits per heavy atom. The van der Waals surface area contributed by atoms with Crippen molar-refractivity contribution >= 4 is 58.6 Å². The van der Waals surface area contributed by atoms with Crippen LogP contribution in [0.15, 0.2) is 0 Å². The number of ether oxygens (including phenoxy) is 1. The molecule has 0 unspecified atom stereocenters. The molecule has 9 heteroatoms. The second-order valence-corrected chi connectivity index (χ2v) is 6.11. The van der Waals surface area contributed by atoms with Crippen LogP contribution in [0.1, 0.15) is 0 Å². The third-order valence-electron chi connectivity index (χ3n) is 1.29. The van der Waals surface area contributed by atoms with Crippen molar-refractivity contribution in [1.82, 2.24) is 5.32 Å². The summed E-state index contributed by atoms with van der Waals surface area (Å²) in [6.45, 7) is -0.449. The fourth-order valence-corrected chi connectivity index (χ4v) is 1.40. The summed E-state index contributed by atoms with van der Waals surface area (Å²) >= 11 is 17.3. The molecule has 0 spiro atoms. The average molecular weight is 311 g/mol. The number of rotatable bonds is 5. The van der Waals surface area contributed by atoms with Gasteiger partial charge in [-0.05, 0) is 6.26 Å². The van der Waals surface area contributed by atoms with Crippen molar-refractivity contribution in [3.8, 4) is 0 Å². The number of amides is 1. The fourth-order valence-electron chi connectivity index (χ4n) is 0.673. The summed E-state index contributed by atoms with van der Waals surface area (Å²) in [5, 5.41) is 10.9. The monoisotopic (exact) mass is 309 g/mol. The molecule has 0 heterocycles. The summed E-state index contributed by atoms with van der Waals surface area (Å²) in [4.78, 5) is 21.8. The Morgan fingerprint density at radius 1 is 1.50 bits per heavy atom. The van der Waals surface area contributed by atoms with Gasteiger partial charge in [0.2, 0.25) is 3.79 Å². The molecule has 0 aromatic heterocycles. The van der Waals surface area contributed by atoms with Crippen LogP contribution < -0.4 is 5.32 Å². The summed E-state index contributed by atoms with van der Waals surface area (Å²) in [5.74, 6) is -0.932. The van der Waals surface area contributed by atoms with E-state index in [4.69, 9.17) is 39.9 Å². The lowest BCUT2D eigenvalue weighted by molar-refractivity contribution is -0.138. The molecule has 94 valence electrons. The predicted molar refractivity (Wildman–Crippen MR) is 64.6 cm³/mol. The maximum absolute atomic E-state index is 11.1. The van der Waals surface area contributed by atoms with Gasteiger partial charge in [-0.25, -0.2) is 9.59 Å². The number of thioether (sulfide) groups is 1. The molecule has 16 heavy (non-hydrogen) atoms. The van der Waals surface area contributed by atoms with Crippen LogP contribution in [0.25, 0.3) is 0 Å². The molecule has 2 N–H and O–H groups in total. The lowest BCUT2D eigenvalue weighted by Gasteiger charge is -2.15. The molecule has 5 nitrogen and oxygen atoms in total. The number of alkyl carbamates (subject to hydrolysis) is 1. The first-order chi connectivity index (χ1) is 7.26. The largest absolute Gasteiger partial charge is 0.480 e. The van der Waals surface area contributed by atoms with Crippen molar-refractivity contribution < 1.29 is 19.4 Å². The minimum absolute atomic E-state index is 0.220. The Kier molecular flexibility index (Phi) is 7.30. The van der Waals surface area contributed by atoms with Gasteiger partial charge in [-0.1, -0.05) is 34.8 Å². The number of alkyl halides is 3. The molecule has 0 bridgehead atoms. The standard InChI is InChI=1S/C7H10Cl3NO4S/c1-16-2-4(5(12)13)11-6(14)15-3-7(8,9)10/h4H,2-3H2,1H3,(H,11,14)(H,12,13)/t4-/m1/s1. The van der Waals surface area contributed by atoms with Crippen molar-refractivity contribution in [1.29, 1.82) is 0 Å². The van der Waals surface area contributed by atoms with Gasteiger partial charge in [0, 0.05) is 5.75 Å². The highest BCUT2D eigenvalue weighted by atomic mass is 35.6. The van der Waals surface area contributed by atoms with Crippen molar-refractivity contribution in [2.45, 2.75) is 9.83 Å². The Morgan fingerprint density at radius 3 is 2.44 bits per heavy atom. The highest BCUT2D eigenvalue weighted by Gasteiger charge is 2.24. The first-order valence-electron chi connectivity index (χ1n) is 3.98. The summed E-state index contributed by atoms with van der Waals surface area (Å²) in [7, 11) is 0. The van der Waals surface area contributed by atoms with E-state index in [2.05, 4.69) is 10.1 Å². The molecule has 0 aliphatic carbocycles. The number of carbonyl (C=O) groups excluding carboxylic acids is 1. The maximum Gasteiger partial charge on any atom is 0.408 e. The van der Waals surface area contributed by atoms with Crippen LogP contribution in [0, 0.1) is 0 Å². The smallest absolute Gasteiger partial charge is 0.408 e. The Hall–Kier alpha value is -0.0400. The van der Waals surface area contributed by atoms with Crippen LogP contribution in [0.2, 0.25) is 0 Å². The number of carboxylic acids is 1. The van der Waals surface area contributed by atoms with Gasteiger partial charge < -0.3 is 15.2 Å². The minimum atomic E-state index is -1.71. The van der Waals surface area contributed by atoms with Crippen molar-refractivity contribution in [3.05, 3.63) is 0 Å². The third kappa shape index (κ3) is 8.15. The molecule has 0 radical (unpaired) electrons. The lowest BCUT2D eigenvalue weighted by Crippen LogP contribution is -2.43. The quantitative estimate of drug-likeness (QED) is 0.759. The molecule has 0 fully saturated rings. The zero-order valence-corrected chi connectivity index (χ0v) is 11.3. The van der Waals surface area contributed by atoms with Gasteiger partial charge in [0.15, 0.2) is 0 Å². The molecule has 0 aromatic rings. The second-order valence-electron chi connectivity index (χ2n) is 2.68. The van der Waals surface area contributed by atoms with Gasteiger partial charge in [-0.3, -0.25) is 0 Å². The number of halogens is 3. The zero-order valence-electron chi connectivity index (χ0n) is 8.21. The molecule has 0 aliphatic heterocycles. The zero-order chi connectivity index (χ0) is 12.8. The number of carboxylic acid groups (broad SMARTS) is 1. The average Bonchev–Trinajstić information content (AvgIpc) is 2.13. The SMILES string of the molecule is CSC[C@@H](NC(=O)OCC(Cl)(Cl)Cl)C(=O)O. The summed E-state index contributed by atoms with van der Waals surface area (Å²) in [6.07, 6.45) is 0.775. The van der Waals surface area contributed by atoms with Crippen LogP contribution >= 0.6 is 46.6 Å². The Labute approximate surface area is 112 Å². The van der Waals surface area contributed by atoms with Crippen LogP contribution in [-0.2, 0) is 9.53 Å². The van der Waals surface area contributed by atoms with Gasteiger partial charge in [-0.15, -0.1) is 0 Å². The van der Waals surface area contributed by atoms with Gasteiger partial charge in [0.05, 0.1) is 0 Å². The van der Waals surface area contributed by atoms with Crippen LogP contribution in [0.4, 0.5) is 4.79 Å². The van der Waals surface area contributed by atoms with E-state index in [0.29, 0.717) is 0 Å². The Bertz CT molecular complexity index is 259. The van der Waals surface area contributed by atoms with Gasteiger partial charge >= 0.3 is 12.1 Å². The van der Waals surface area contributed by atoms with E-state index < -0.39 is 28.5 Å². The number of nitrogens with one attached hydrogen (secondary N) is 1. The molecule has 0 aliphatic rings. The van der Waals surface area contributed by atoms with Crippen LogP contribution in [0.3, 0.4) is 0 Å². The number of hydrogen-bond donors (Lipinski definition) is 2. The molecule has 1 atom stereocenters. The van der Waals surface area contributed by atoms with Gasteiger partial charge in [0.1, 0.15) is 12.6 Å². The third-order valence-corrected chi connectivity index (χ3v) is 2.28. The summed E-state index contributed by atoms with van der Waals surface area (Å²) < 4.78 is 2.80. The molecule has 0 aromatic carbocycles. The summed E-state index contributed by atoms with van der Waals surface area (Å²) in [6, 6.07) is -1.03. The van der Waals surface area contributed by atoms with Gasteiger partial charge in [0.25, 0.3) is 0 Å². The number of aliphatic carboxylic acids is 1. The molecule has 1 amide bonds. The van der Waals surface area contributed by atoms with Crippen LogP contribution in [-0.4, -0.2) is 45.6 Å². The maximum atomic E-state index is 11.1. The molecular formula is C7H10Cl3NO4S. The second kappa shape index (κ2) is 7.32. The first-order valence-corrected chi connectivity index (χ1v) is 6.51. The molecule has 0 rings (SSSR count). The normalized spacial score (nSPS) is 13.0. The number of carbonyl (C=O) groups is 2. The molecule has 0 saturated carbocycles. The number of hydrogen-bond acceptors (Lipinski definition) is 4. The fraction of sp³-hybridized carbons (Fsp3) is 0.714. The van der Waals surface area contributed by atoms with E-state index in [1.807, 2.05) is 0 Å². The van der Waals surface area contributed by atoms with E-state index in [-0.39, 0.29) is 5.75 Å². The molecular weight excluding hydrogens is 301 g/mol. The van der Waals surface area contributed by atoms with Crippen molar-refractivity contribution in [2.75, 3.05) is 18.6 Å². The topological polar surface area (TPSA) is 75.6 Å². The lowest BCUT2D eigenvalue weighted by atomic mass is 10.3. The van der Waals surface area contributed by atoms with E-state index in [0.717, 1.165) is 0 Å². The van der Waals surface area contributed by atoms with Crippen LogP contribution in [0.5, 0.6) is 0 Å². The van der Waals surface area contributed by atoms with Crippen molar-refractivity contribution in [2.24, 2.45) is 0 Å². The van der Waals surface area contributed by atoms with E-state index in [9.17, 15) is 9.59 Å².